The van der Waals surface area contributed by atoms with Crippen molar-refractivity contribution in [1.82, 2.24) is 19.6 Å². The van der Waals surface area contributed by atoms with Gasteiger partial charge in [-0.2, -0.15) is 32.5 Å². The van der Waals surface area contributed by atoms with E-state index in [4.69, 9.17) is 27.4 Å². The molecular weight excluding hydrogens is 815 g/mol. The molecule has 6 rings (SSSR count). The Morgan fingerprint density at radius 3 is 1.59 bits per heavy atom. The Labute approximate surface area is 337 Å². The maximum atomic E-state index is 8.85. The molecule has 0 fully saturated rings. The third-order valence-electron chi connectivity index (χ3n) is 7.51. The summed E-state index contributed by atoms with van der Waals surface area (Å²) < 4.78 is 13.0. The molecular formula is C39H37N8O4PdS2-. The fourth-order valence-corrected chi connectivity index (χ4v) is 5.73. The molecule has 0 saturated heterocycles. The normalized spacial score (nSPS) is 10.4. The van der Waals surface area contributed by atoms with Gasteiger partial charge in [-0.05, 0) is 80.6 Å². The number of aromatic nitrogens is 4. The van der Waals surface area contributed by atoms with Crippen LogP contribution in [0.4, 0.5) is 0 Å². The van der Waals surface area contributed by atoms with Crippen LogP contribution in [0.3, 0.4) is 0 Å². The molecule has 0 aliphatic heterocycles. The minimum Gasteiger partial charge on any atom is -0.358 e. The van der Waals surface area contributed by atoms with Gasteiger partial charge in [0.05, 0.1) is 70.4 Å². The van der Waals surface area contributed by atoms with E-state index < -0.39 is 0 Å². The van der Waals surface area contributed by atoms with Gasteiger partial charge < -0.3 is 7.43 Å². The van der Waals surface area contributed by atoms with Gasteiger partial charge >= 0.3 is 0 Å². The van der Waals surface area contributed by atoms with E-state index in [-0.39, 0.29) is 27.8 Å². The third-order valence-corrected chi connectivity index (χ3v) is 8.73. The number of hydrogen-bond acceptors (Lipinski definition) is 12. The fourth-order valence-electron chi connectivity index (χ4n) is 5.00. The number of nitriles is 2. The maximum absolute atomic E-state index is 8.85. The number of nitrogens with two attached hydrogens (primary N) is 2. The van der Waals surface area contributed by atoms with Crippen molar-refractivity contribution in [2.24, 2.45) is 11.8 Å². The first-order valence-corrected chi connectivity index (χ1v) is 17.3. The summed E-state index contributed by atoms with van der Waals surface area (Å²) in [6.45, 7) is 4.11. The molecule has 0 radical (unpaired) electrons. The first-order chi connectivity index (χ1) is 25.4. The Morgan fingerprint density at radius 2 is 1.15 bits per heavy atom. The van der Waals surface area contributed by atoms with E-state index in [1.54, 1.807) is 6.08 Å². The van der Waals surface area contributed by atoms with E-state index >= 15 is 0 Å². The molecule has 0 atom stereocenters. The van der Waals surface area contributed by atoms with Gasteiger partial charge in [0.2, 0.25) is 0 Å². The van der Waals surface area contributed by atoms with Gasteiger partial charge in [0.25, 0.3) is 0 Å². The number of benzene rings is 4. The Morgan fingerprint density at radius 1 is 0.685 bits per heavy atom. The third kappa shape index (κ3) is 12.1. The average molecular weight is 852 g/mol. The molecule has 4 N–H and O–H groups in total. The second kappa shape index (κ2) is 22.4. The molecule has 54 heavy (non-hydrogen) atoms. The largest absolute Gasteiger partial charge is 0.358 e. The number of aryl methyl sites for hydroxylation is 3. The Kier molecular flexibility index (Phi) is 18.0. The van der Waals surface area contributed by atoms with Crippen molar-refractivity contribution in [3.63, 3.8) is 0 Å². The second-order valence-electron chi connectivity index (χ2n) is 11.1. The molecule has 15 heteroatoms. The summed E-state index contributed by atoms with van der Waals surface area (Å²) in [4.78, 5) is 9.90. The van der Waals surface area contributed by atoms with E-state index in [0.717, 1.165) is 73.5 Å². The zero-order valence-corrected chi connectivity index (χ0v) is 32.8. The van der Waals surface area contributed by atoms with Crippen LogP contribution in [-0.4, -0.2) is 19.6 Å². The van der Waals surface area contributed by atoms with Crippen molar-refractivity contribution in [3.8, 4) is 46.0 Å². The van der Waals surface area contributed by atoms with Crippen LogP contribution in [0.15, 0.2) is 125 Å². The van der Waals surface area contributed by atoms with Crippen molar-refractivity contribution < 1.29 is 39.1 Å². The van der Waals surface area contributed by atoms with Crippen LogP contribution in [0.2, 0.25) is 0 Å². The number of nitrogens with zero attached hydrogens (tertiary/aromatic N) is 6. The molecule has 280 valence electrons. The van der Waals surface area contributed by atoms with Crippen molar-refractivity contribution in [2.45, 2.75) is 36.5 Å². The SMILES string of the molecule is Cc1ccc(-c2cc(/C=C/C#N)nn2-c2ccc(SOON)cc2)cc1.Cc1ccc(-c2cc(CCC#N)nn2-c2ccc(SOON)cc2)cc1.[CH3-].[Pd]. The van der Waals surface area contributed by atoms with Gasteiger partial charge in [-0.15, -0.1) is 18.6 Å². The van der Waals surface area contributed by atoms with Gasteiger partial charge in [0, 0.05) is 60.3 Å². The summed E-state index contributed by atoms with van der Waals surface area (Å²) in [5.74, 6) is 9.70. The first-order valence-electron chi connectivity index (χ1n) is 15.8. The predicted molar refractivity (Wildman–Crippen MR) is 207 cm³/mol. The molecule has 0 unspecified atom stereocenters. The quantitative estimate of drug-likeness (QED) is 0.0283. The summed E-state index contributed by atoms with van der Waals surface area (Å²) in [5.41, 5.74) is 9.82. The smallest absolute Gasteiger partial charge is 0.0912 e. The zero-order chi connectivity index (χ0) is 36.7. The van der Waals surface area contributed by atoms with E-state index in [0.29, 0.717) is 18.5 Å². The van der Waals surface area contributed by atoms with Crippen LogP contribution < -0.4 is 11.8 Å². The molecule has 0 saturated carbocycles. The van der Waals surface area contributed by atoms with Gasteiger partial charge in [0.1, 0.15) is 0 Å². The topological polar surface area (TPSA) is 172 Å². The van der Waals surface area contributed by atoms with Gasteiger partial charge in [-0.1, -0.05) is 59.7 Å². The maximum Gasteiger partial charge on any atom is 0.0912 e. The molecule has 12 nitrogen and oxygen atoms in total. The Balaban J connectivity index is 0.000000280. The summed E-state index contributed by atoms with van der Waals surface area (Å²) in [7, 11) is 0. The van der Waals surface area contributed by atoms with E-state index in [9.17, 15) is 0 Å². The molecule has 0 aliphatic carbocycles. The van der Waals surface area contributed by atoms with Gasteiger partial charge in [-0.3, -0.25) is 0 Å². The van der Waals surface area contributed by atoms with Crippen molar-refractivity contribution in [1.29, 1.82) is 10.5 Å². The molecule has 6 aromatic rings. The summed E-state index contributed by atoms with van der Waals surface area (Å²) in [6.07, 6.45) is 4.16. The first kappa shape index (κ1) is 43.5. The number of rotatable bonds is 13. The van der Waals surface area contributed by atoms with Crippen molar-refractivity contribution >= 4 is 30.2 Å². The van der Waals surface area contributed by atoms with E-state index in [1.165, 1.54) is 17.2 Å². The molecule has 4 aromatic carbocycles. The molecule has 2 heterocycles. The molecule has 0 spiro atoms. The van der Waals surface area contributed by atoms with Crippen LogP contribution in [0.5, 0.6) is 0 Å². The predicted octanol–water partition coefficient (Wildman–Crippen LogP) is 8.79. The fraction of sp³-hybridized carbons (Fsp3) is 0.103. The molecule has 0 bridgehead atoms. The zero-order valence-electron chi connectivity index (χ0n) is 29.6. The van der Waals surface area contributed by atoms with Gasteiger partial charge in [0.15, 0.2) is 0 Å². The van der Waals surface area contributed by atoms with Crippen LogP contribution in [-0.2, 0) is 45.5 Å². The van der Waals surface area contributed by atoms with Gasteiger partial charge in [-0.25, -0.2) is 9.36 Å². The average Bonchev–Trinajstić information content (AvgIpc) is 3.81. The minimum absolute atomic E-state index is 0. The summed E-state index contributed by atoms with van der Waals surface area (Å²) in [6, 6.07) is 40.0. The molecule has 0 aliphatic rings. The van der Waals surface area contributed by atoms with Crippen LogP contribution in [0.25, 0.3) is 40.0 Å². The number of hydrogen-bond donors (Lipinski definition) is 2. The Bertz CT molecular complexity index is 2160. The monoisotopic (exact) mass is 851 g/mol. The number of allylic oxidation sites excluding steroid dienone is 1. The van der Waals surface area contributed by atoms with Crippen LogP contribution >= 0.6 is 24.1 Å². The van der Waals surface area contributed by atoms with Crippen molar-refractivity contribution in [3.05, 3.63) is 145 Å². The second-order valence-corrected chi connectivity index (χ2v) is 12.7. The Hall–Kier alpha value is -4.86. The molecule has 2 aromatic heterocycles. The van der Waals surface area contributed by atoms with Crippen LogP contribution in [0.1, 0.15) is 28.9 Å². The van der Waals surface area contributed by atoms with Crippen molar-refractivity contribution in [2.75, 3.05) is 0 Å². The minimum atomic E-state index is 0. The van der Waals surface area contributed by atoms with E-state index in [1.807, 2.05) is 83.0 Å². The standard InChI is InChI=1S/C19H18N4O2S.C19H16N4O2S.CH3.Pd/c2*1-14-4-6-15(7-5-14)19-13-16(3-2-12-20)22-23(19)17-8-10-18(11-9-17)26-25-24-21;;/h4-11,13H,2-3,21H2,1H3;2-11,13H,21H2,1H3;1H3;/q;;-1;/b;3-2+;;. The summed E-state index contributed by atoms with van der Waals surface area (Å²) in [5, 5.41) is 26.9. The van der Waals surface area contributed by atoms with Crippen LogP contribution in [0, 0.1) is 43.9 Å². The summed E-state index contributed by atoms with van der Waals surface area (Å²) >= 11 is 2.05. The van der Waals surface area contributed by atoms with E-state index in [2.05, 4.69) is 85.3 Å². The molecule has 0 amide bonds.